The molecule has 1 fully saturated rings. The number of esters is 1. The molecule has 1 unspecified atom stereocenters. The highest BCUT2D eigenvalue weighted by Gasteiger charge is 2.42. The van der Waals surface area contributed by atoms with Gasteiger partial charge < -0.3 is 14.9 Å². The Balaban J connectivity index is 2.37. The number of carbonyl (C=O) groups is 3. The Kier molecular flexibility index (Phi) is 3.33. The number of Topliss-reactive ketones (excluding diaryl/α,β-unsaturated/α-hetero) is 1. The van der Waals surface area contributed by atoms with E-state index in [2.05, 4.69) is 4.74 Å². The van der Waals surface area contributed by atoms with Crippen molar-refractivity contribution in [2.75, 3.05) is 0 Å². The smallest absolute Gasteiger partial charge is 0.346 e. The van der Waals surface area contributed by atoms with Gasteiger partial charge >= 0.3 is 11.9 Å². The molecule has 1 aliphatic heterocycles. The average Bonchev–Trinajstić information content (AvgIpc) is 2.64. The van der Waals surface area contributed by atoms with Crippen molar-refractivity contribution in [3.05, 3.63) is 41.5 Å². The molecule has 1 aromatic rings. The molecule has 19 heavy (non-hydrogen) atoms. The summed E-state index contributed by atoms with van der Waals surface area (Å²) >= 11 is 0. The molecule has 0 spiro atoms. The van der Waals surface area contributed by atoms with Gasteiger partial charge in [-0.3, -0.25) is 9.59 Å². The average molecular weight is 262 g/mol. The number of ether oxygens (including phenoxy) is 1. The van der Waals surface area contributed by atoms with Crippen LogP contribution in [0.4, 0.5) is 0 Å². The molecular formula is C13H10O6. The molecule has 1 saturated heterocycles. The first-order chi connectivity index (χ1) is 9.00. The highest BCUT2D eigenvalue weighted by atomic mass is 16.6. The fourth-order valence-corrected chi connectivity index (χ4v) is 1.75. The van der Waals surface area contributed by atoms with Gasteiger partial charge in [0.1, 0.15) is 11.3 Å². The van der Waals surface area contributed by atoms with Crippen molar-refractivity contribution < 1.29 is 29.3 Å². The molecule has 1 aromatic carbocycles. The minimum atomic E-state index is -1.37. The maximum atomic E-state index is 11.8. The number of benzene rings is 1. The highest BCUT2D eigenvalue weighted by molar-refractivity contribution is 6.27. The molecule has 0 radical (unpaired) electrons. The van der Waals surface area contributed by atoms with Crippen molar-refractivity contribution in [2.24, 2.45) is 0 Å². The molecule has 1 heterocycles. The lowest BCUT2D eigenvalue weighted by Crippen LogP contribution is -2.20. The molecule has 0 aliphatic carbocycles. The van der Waals surface area contributed by atoms with E-state index in [-0.39, 0.29) is 0 Å². The topological polar surface area (TPSA) is 101 Å². The van der Waals surface area contributed by atoms with Gasteiger partial charge in [-0.15, -0.1) is 0 Å². The summed E-state index contributed by atoms with van der Waals surface area (Å²) in [6, 6.07) is 8.02. The second-order valence-corrected chi connectivity index (χ2v) is 3.95. The van der Waals surface area contributed by atoms with E-state index >= 15 is 0 Å². The quantitative estimate of drug-likeness (QED) is 0.363. The normalized spacial score (nSPS) is 21.2. The Labute approximate surface area is 107 Å². The molecule has 0 bridgehead atoms. The molecular weight excluding hydrogens is 252 g/mol. The number of carboxylic acid groups (broad SMARTS) is 1. The van der Waals surface area contributed by atoms with Gasteiger partial charge in [-0.2, -0.15) is 0 Å². The van der Waals surface area contributed by atoms with Crippen LogP contribution in [-0.4, -0.2) is 34.0 Å². The Morgan fingerprint density at radius 1 is 1.16 bits per heavy atom. The summed E-state index contributed by atoms with van der Waals surface area (Å²) < 4.78 is 4.65. The van der Waals surface area contributed by atoms with E-state index in [0.29, 0.717) is 5.56 Å². The van der Waals surface area contributed by atoms with Crippen LogP contribution < -0.4 is 0 Å². The zero-order chi connectivity index (χ0) is 14.0. The van der Waals surface area contributed by atoms with E-state index in [4.69, 9.17) is 5.11 Å². The van der Waals surface area contributed by atoms with Crippen LogP contribution in [0, 0.1) is 0 Å². The summed E-state index contributed by atoms with van der Waals surface area (Å²) in [6.07, 6.45) is -1.98. The molecule has 0 saturated carbocycles. The molecule has 6 heteroatoms. The molecule has 98 valence electrons. The van der Waals surface area contributed by atoms with Gasteiger partial charge in [0, 0.05) is 5.56 Å². The Morgan fingerprint density at radius 3 is 2.37 bits per heavy atom. The third-order valence-corrected chi connectivity index (χ3v) is 2.64. The molecule has 6 nitrogen and oxygen atoms in total. The van der Waals surface area contributed by atoms with Gasteiger partial charge in [0.15, 0.2) is 6.10 Å². The lowest BCUT2D eigenvalue weighted by atomic mass is 10.0. The molecule has 2 N–H and O–H groups in total. The standard InChI is InChI=1S/C13H10O6/c14-9(15)6-8-12(17)10(13(18)19-8)11(16)7-4-2-1-3-5-7/h1-5,8,16H,6H2,(H,14,15)/b11-10-. The maximum absolute atomic E-state index is 11.8. The van der Waals surface area contributed by atoms with E-state index in [0.717, 1.165) is 0 Å². The second-order valence-electron chi connectivity index (χ2n) is 3.95. The molecule has 0 aromatic heterocycles. The van der Waals surface area contributed by atoms with Crippen LogP contribution >= 0.6 is 0 Å². The number of carboxylic acids is 1. The van der Waals surface area contributed by atoms with Gasteiger partial charge in [0.2, 0.25) is 5.78 Å². The van der Waals surface area contributed by atoms with Crippen molar-refractivity contribution in [3.8, 4) is 0 Å². The Bertz CT molecular complexity index is 572. The fourth-order valence-electron chi connectivity index (χ4n) is 1.75. The van der Waals surface area contributed by atoms with Crippen LogP contribution in [0.3, 0.4) is 0 Å². The zero-order valence-corrected chi connectivity index (χ0v) is 9.70. The largest absolute Gasteiger partial charge is 0.506 e. The number of aliphatic hydroxyl groups excluding tert-OH is 1. The third-order valence-electron chi connectivity index (χ3n) is 2.64. The summed E-state index contributed by atoms with van der Waals surface area (Å²) in [6.45, 7) is 0. The SMILES string of the molecule is O=C(O)CC1OC(=O)/C(=C(\O)c2ccccc2)C1=O. The van der Waals surface area contributed by atoms with Gasteiger partial charge in [-0.05, 0) is 0 Å². The summed E-state index contributed by atoms with van der Waals surface area (Å²) in [7, 11) is 0. The van der Waals surface area contributed by atoms with Crippen molar-refractivity contribution in [2.45, 2.75) is 12.5 Å². The van der Waals surface area contributed by atoms with Crippen LogP contribution in [0.1, 0.15) is 12.0 Å². The monoisotopic (exact) mass is 262 g/mol. The van der Waals surface area contributed by atoms with E-state index in [9.17, 15) is 19.5 Å². The number of ketones is 1. The van der Waals surface area contributed by atoms with Gasteiger partial charge in [-0.1, -0.05) is 30.3 Å². The summed E-state index contributed by atoms with van der Waals surface area (Å²) in [4.78, 5) is 33.9. The van der Waals surface area contributed by atoms with E-state index in [1.807, 2.05) is 0 Å². The summed E-state index contributed by atoms with van der Waals surface area (Å²) in [5.74, 6) is -3.57. The van der Waals surface area contributed by atoms with Crippen molar-refractivity contribution in [1.29, 1.82) is 0 Å². The second kappa shape index (κ2) is 4.93. The van der Waals surface area contributed by atoms with Crippen LogP contribution in [0.2, 0.25) is 0 Å². The minimum absolute atomic E-state index is 0.291. The van der Waals surface area contributed by atoms with Gasteiger partial charge in [-0.25, -0.2) is 4.79 Å². The van der Waals surface area contributed by atoms with Crippen molar-refractivity contribution in [1.82, 2.24) is 0 Å². The van der Waals surface area contributed by atoms with Crippen molar-refractivity contribution in [3.63, 3.8) is 0 Å². The maximum Gasteiger partial charge on any atom is 0.346 e. The minimum Gasteiger partial charge on any atom is -0.506 e. The van der Waals surface area contributed by atoms with E-state index in [1.165, 1.54) is 12.1 Å². The first-order valence-corrected chi connectivity index (χ1v) is 5.46. The Morgan fingerprint density at radius 2 is 1.79 bits per heavy atom. The number of carbonyl (C=O) groups excluding carboxylic acids is 2. The van der Waals surface area contributed by atoms with Crippen LogP contribution in [0.5, 0.6) is 0 Å². The van der Waals surface area contributed by atoms with Crippen molar-refractivity contribution >= 4 is 23.5 Å². The zero-order valence-electron chi connectivity index (χ0n) is 9.70. The number of hydrogen-bond donors (Lipinski definition) is 2. The Hall–Kier alpha value is -2.63. The van der Waals surface area contributed by atoms with Gasteiger partial charge in [0.25, 0.3) is 0 Å². The summed E-state index contributed by atoms with van der Waals surface area (Å²) in [5, 5.41) is 18.5. The molecule has 2 rings (SSSR count). The highest BCUT2D eigenvalue weighted by Crippen LogP contribution is 2.26. The number of aliphatic hydroxyl groups is 1. The van der Waals surface area contributed by atoms with E-state index < -0.39 is 41.6 Å². The van der Waals surface area contributed by atoms with Crippen LogP contribution in [0.25, 0.3) is 5.76 Å². The molecule has 1 atom stereocenters. The molecule has 1 aliphatic rings. The first-order valence-electron chi connectivity index (χ1n) is 5.46. The number of hydrogen-bond acceptors (Lipinski definition) is 5. The van der Waals surface area contributed by atoms with Gasteiger partial charge in [0.05, 0.1) is 6.42 Å². The third kappa shape index (κ3) is 2.47. The van der Waals surface area contributed by atoms with E-state index in [1.54, 1.807) is 18.2 Å². The fraction of sp³-hybridized carbons (Fsp3) is 0.154. The lowest BCUT2D eigenvalue weighted by Gasteiger charge is -2.02. The summed E-state index contributed by atoms with van der Waals surface area (Å²) in [5.41, 5.74) is -0.212. The predicted molar refractivity (Wildman–Crippen MR) is 63.1 cm³/mol. The predicted octanol–water partition coefficient (Wildman–Crippen LogP) is 0.925. The number of aliphatic carboxylic acids is 1. The first kappa shape index (κ1) is 12.8. The number of rotatable bonds is 3. The van der Waals surface area contributed by atoms with Crippen LogP contribution in [0.15, 0.2) is 35.9 Å². The van der Waals surface area contributed by atoms with Crippen LogP contribution in [-0.2, 0) is 19.1 Å². The molecule has 0 amide bonds. The lowest BCUT2D eigenvalue weighted by molar-refractivity contribution is -0.147. The number of cyclic esters (lactones) is 1.